The maximum atomic E-state index is 2.53. The summed E-state index contributed by atoms with van der Waals surface area (Å²) in [4.78, 5) is 4.97. The van der Waals surface area contributed by atoms with Crippen LogP contribution in [0, 0.1) is 5.92 Å². The smallest absolute Gasteiger partial charge is 0.0167 e. The zero-order valence-corrected chi connectivity index (χ0v) is 7.87. The van der Waals surface area contributed by atoms with Gasteiger partial charge in [-0.05, 0) is 25.9 Å². The maximum Gasteiger partial charge on any atom is 0.0167 e. The lowest BCUT2D eigenvalue weighted by atomic mass is 10.1. The molecule has 2 aliphatic rings. The summed E-state index contributed by atoms with van der Waals surface area (Å²) in [5.74, 6) is 0.926. The Morgan fingerprint density at radius 3 is 2.67 bits per heavy atom. The van der Waals surface area contributed by atoms with Gasteiger partial charge in [-0.2, -0.15) is 0 Å². The Bertz CT molecular complexity index is 169. The van der Waals surface area contributed by atoms with Gasteiger partial charge in [-0.25, -0.2) is 0 Å². The van der Waals surface area contributed by atoms with Crippen molar-refractivity contribution in [3.05, 3.63) is 12.2 Å². The zero-order valence-electron chi connectivity index (χ0n) is 7.87. The molecule has 0 aromatic heterocycles. The van der Waals surface area contributed by atoms with Crippen LogP contribution >= 0.6 is 0 Å². The molecule has 2 heterocycles. The molecule has 0 spiro atoms. The number of likely N-dealkylation sites (tertiary alicyclic amines) is 1. The van der Waals surface area contributed by atoms with Crippen molar-refractivity contribution in [3.8, 4) is 0 Å². The van der Waals surface area contributed by atoms with Crippen LogP contribution in [0.25, 0.3) is 0 Å². The molecule has 1 atom stereocenters. The Balaban J connectivity index is 1.73. The molecule has 2 nitrogen and oxygen atoms in total. The minimum absolute atomic E-state index is 0.926. The molecule has 0 aromatic carbocycles. The van der Waals surface area contributed by atoms with E-state index in [1.165, 1.54) is 39.1 Å². The van der Waals surface area contributed by atoms with Gasteiger partial charge in [0, 0.05) is 26.2 Å². The van der Waals surface area contributed by atoms with E-state index in [-0.39, 0.29) is 0 Å². The summed E-state index contributed by atoms with van der Waals surface area (Å²) in [6.07, 6.45) is 5.95. The fourth-order valence-corrected chi connectivity index (χ4v) is 2.21. The Morgan fingerprint density at radius 2 is 2.08 bits per heavy atom. The first kappa shape index (κ1) is 8.27. The Morgan fingerprint density at radius 1 is 1.33 bits per heavy atom. The maximum absolute atomic E-state index is 2.53. The molecular formula is C10H18N2. The summed E-state index contributed by atoms with van der Waals surface area (Å²) in [7, 11) is 2.22. The predicted octanol–water partition coefficient (Wildman–Crippen LogP) is 0.810. The molecule has 1 saturated heterocycles. The minimum atomic E-state index is 0.926. The highest BCUT2D eigenvalue weighted by Crippen LogP contribution is 2.16. The molecule has 0 radical (unpaired) electrons. The predicted molar refractivity (Wildman–Crippen MR) is 51.2 cm³/mol. The van der Waals surface area contributed by atoms with Gasteiger partial charge in [-0.3, -0.25) is 4.90 Å². The third kappa shape index (κ3) is 1.87. The molecule has 12 heavy (non-hydrogen) atoms. The number of hydrogen-bond donors (Lipinski definition) is 0. The highest BCUT2D eigenvalue weighted by atomic mass is 15.2. The van der Waals surface area contributed by atoms with E-state index in [1.807, 2.05) is 0 Å². The zero-order chi connectivity index (χ0) is 8.39. The lowest BCUT2D eigenvalue weighted by Crippen LogP contribution is -2.28. The van der Waals surface area contributed by atoms with Crippen LogP contribution in [0.5, 0.6) is 0 Å². The third-order valence-corrected chi connectivity index (χ3v) is 2.90. The average Bonchev–Trinajstić information content (AvgIpc) is 2.63. The molecule has 0 saturated carbocycles. The molecule has 0 amide bonds. The number of hydrogen-bond acceptors (Lipinski definition) is 2. The quantitative estimate of drug-likeness (QED) is 0.560. The summed E-state index contributed by atoms with van der Waals surface area (Å²) in [5, 5.41) is 0. The molecule has 2 aliphatic heterocycles. The Labute approximate surface area is 74.8 Å². The van der Waals surface area contributed by atoms with Gasteiger partial charge < -0.3 is 4.90 Å². The second-order valence-electron chi connectivity index (χ2n) is 4.11. The lowest BCUT2D eigenvalue weighted by Gasteiger charge is -2.19. The van der Waals surface area contributed by atoms with Gasteiger partial charge in [-0.15, -0.1) is 0 Å². The van der Waals surface area contributed by atoms with Crippen LogP contribution in [-0.4, -0.2) is 49.6 Å². The van der Waals surface area contributed by atoms with Crippen molar-refractivity contribution >= 4 is 0 Å². The summed E-state index contributed by atoms with van der Waals surface area (Å²) < 4.78 is 0. The van der Waals surface area contributed by atoms with E-state index in [0.29, 0.717) is 0 Å². The topological polar surface area (TPSA) is 6.48 Å². The number of nitrogens with zero attached hydrogens (tertiary/aromatic N) is 2. The first-order valence-electron chi connectivity index (χ1n) is 4.90. The van der Waals surface area contributed by atoms with Gasteiger partial charge in [0.2, 0.25) is 0 Å². The van der Waals surface area contributed by atoms with E-state index in [9.17, 15) is 0 Å². The average molecular weight is 166 g/mol. The third-order valence-electron chi connectivity index (χ3n) is 2.90. The monoisotopic (exact) mass is 166 g/mol. The second kappa shape index (κ2) is 3.58. The van der Waals surface area contributed by atoms with E-state index in [1.54, 1.807) is 0 Å². The SMILES string of the molecule is CN1CCC(CN2CC=CC2)C1. The molecule has 2 heteroatoms. The molecule has 68 valence electrons. The van der Waals surface area contributed by atoms with E-state index in [4.69, 9.17) is 0 Å². The van der Waals surface area contributed by atoms with Crippen molar-refractivity contribution in [3.63, 3.8) is 0 Å². The van der Waals surface area contributed by atoms with Gasteiger partial charge in [0.25, 0.3) is 0 Å². The molecule has 0 bridgehead atoms. The fraction of sp³-hybridized carbons (Fsp3) is 0.800. The first-order chi connectivity index (χ1) is 5.84. The van der Waals surface area contributed by atoms with Crippen molar-refractivity contribution in [2.24, 2.45) is 5.92 Å². The van der Waals surface area contributed by atoms with Gasteiger partial charge in [0.05, 0.1) is 0 Å². The van der Waals surface area contributed by atoms with Crippen molar-refractivity contribution in [1.82, 2.24) is 9.80 Å². The molecule has 1 fully saturated rings. The van der Waals surface area contributed by atoms with E-state index >= 15 is 0 Å². The Hall–Kier alpha value is -0.340. The summed E-state index contributed by atoms with van der Waals surface area (Å²) in [6, 6.07) is 0. The molecule has 0 aromatic rings. The van der Waals surface area contributed by atoms with E-state index < -0.39 is 0 Å². The molecule has 2 rings (SSSR count). The molecule has 0 N–H and O–H groups in total. The highest BCUT2D eigenvalue weighted by Gasteiger charge is 2.21. The fourth-order valence-electron chi connectivity index (χ4n) is 2.21. The summed E-state index contributed by atoms with van der Waals surface area (Å²) in [5.41, 5.74) is 0. The molecule has 1 unspecified atom stereocenters. The molecular weight excluding hydrogens is 148 g/mol. The van der Waals surface area contributed by atoms with Crippen molar-refractivity contribution in [1.29, 1.82) is 0 Å². The van der Waals surface area contributed by atoms with Gasteiger partial charge in [0.15, 0.2) is 0 Å². The van der Waals surface area contributed by atoms with Gasteiger partial charge >= 0.3 is 0 Å². The standard InChI is InChI=1S/C10H18N2/c1-11-7-4-10(8-11)9-12-5-2-3-6-12/h2-3,10H,4-9H2,1H3. The van der Waals surface area contributed by atoms with Crippen LogP contribution in [-0.2, 0) is 0 Å². The van der Waals surface area contributed by atoms with Crippen LogP contribution in [0.4, 0.5) is 0 Å². The van der Waals surface area contributed by atoms with Crippen molar-refractivity contribution < 1.29 is 0 Å². The number of rotatable bonds is 2. The van der Waals surface area contributed by atoms with Crippen LogP contribution < -0.4 is 0 Å². The largest absolute Gasteiger partial charge is 0.306 e. The van der Waals surface area contributed by atoms with E-state index in [0.717, 1.165) is 5.92 Å². The van der Waals surface area contributed by atoms with Gasteiger partial charge in [-0.1, -0.05) is 12.2 Å². The van der Waals surface area contributed by atoms with E-state index in [2.05, 4.69) is 29.0 Å². The van der Waals surface area contributed by atoms with Crippen molar-refractivity contribution in [2.45, 2.75) is 6.42 Å². The van der Waals surface area contributed by atoms with Gasteiger partial charge in [0.1, 0.15) is 0 Å². The second-order valence-corrected chi connectivity index (χ2v) is 4.11. The van der Waals surface area contributed by atoms with Crippen LogP contribution in [0.2, 0.25) is 0 Å². The summed E-state index contributed by atoms with van der Waals surface area (Å²) in [6.45, 7) is 6.26. The Kier molecular flexibility index (Phi) is 2.47. The summed E-state index contributed by atoms with van der Waals surface area (Å²) >= 11 is 0. The normalized spacial score (nSPS) is 31.9. The van der Waals surface area contributed by atoms with Crippen molar-refractivity contribution in [2.75, 3.05) is 39.8 Å². The lowest BCUT2D eigenvalue weighted by molar-refractivity contribution is 0.284. The van der Waals surface area contributed by atoms with Crippen LogP contribution in [0.1, 0.15) is 6.42 Å². The molecule has 0 aliphatic carbocycles. The van der Waals surface area contributed by atoms with Crippen LogP contribution in [0.15, 0.2) is 12.2 Å². The minimum Gasteiger partial charge on any atom is -0.306 e. The highest BCUT2D eigenvalue weighted by molar-refractivity contribution is 4.96. The first-order valence-corrected chi connectivity index (χ1v) is 4.90. The van der Waals surface area contributed by atoms with Crippen LogP contribution in [0.3, 0.4) is 0 Å².